The lowest BCUT2D eigenvalue weighted by Crippen LogP contribution is -2.20. The van der Waals surface area contributed by atoms with Crippen molar-refractivity contribution in [1.29, 1.82) is 0 Å². The molecule has 0 aliphatic heterocycles. The van der Waals surface area contributed by atoms with Gasteiger partial charge < -0.3 is 9.47 Å². The van der Waals surface area contributed by atoms with Crippen LogP contribution in [0.5, 0.6) is 0 Å². The number of carbonyl (C=O) groups is 2. The van der Waals surface area contributed by atoms with Gasteiger partial charge in [0.2, 0.25) is 0 Å². The van der Waals surface area contributed by atoms with Crippen LogP contribution < -0.4 is 0 Å². The van der Waals surface area contributed by atoms with Gasteiger partial charge in [-0.3, -0.25) is 4.79 Å². The van der Waals surface area contributed by atoms with Crippen LogP contribution in [0, 0.1) is 0 Å². The van der Waals surface area contributed by atoms with Gasteiger partial charge in [0.25, 0.3) is 0 Å². The molecule has 0 spiro atoms. The molecule has 0 N–H and O–H groups in total. The van der Waals surface area contributed by atoms with Gasteiger partial charge in [0.05, 0.1) is 8.83 Å². The maximum atomic E-state index is 10.9. The first kappa shape index (κ1) is 13.8. The molecule has 0 rings (SSSR count). The van der Waals surface area contributed by atoms with Gasteiger partial charge in [-0.25, -0.2) is 4.79 Å². The molecule has 0 fully saturated rings. The largest absolute Gasteiger partial charge is 0.465 e. The minimum atomic E-state index is -0.479. The molecule has 0 heterocycles. The number of ether oxygens (including phenoxy) is 2. The lowest BCUT2D eigenvalue weighted by molar-refractivity contribution is -0.142. The summed E-state index contributed by atoms with van der Waals surface area (Å²) in [5, 5.41) is -0.307. The van der Waals surface area contributed by atoms with Crippen molar-refractivity contribution in [2.45, 2.75) is 12.2 Å². The minimum Gasteiger partial charge on any atom is -0.465 e. The number of carbonyl (C=O) groups excluding carboxylic acids is 2. The van der Waals surface area contributed by atoms with Gasteiger partial charge in [0, 0.05) is 6.92 Å². The van der Waals surface area contributed by atoms with Crippen LogP contribution in [-0.4, -0.2) is 30.4 Å². The Morgan fingerprint density at radius 2 is 1.93 bits per heavy atom. The van der Waals surface area contributed by atoms with E-state index in [9.17, 15) is 9.59 Å². The Balaban J connectivity index is 3.63. The van der Waals surface area contributed by atoms with Crippen LogP contribution >= 0.6 is 35.2 Å². The zero-order chi connectivity index (χ0) is 11.1. The Kier molecular flexibility index (Phi) is 6.98. The summed E-state index contributed by atoms with van der Waals surface area (Å²) in [5.41, 5.74) is 0. The molecule has 0 saturated heterocycles. The second-order valence-corrected chi connectivity index (χ2v) is 4.49. The number of hydrogen-bond donors (Lipinski definition) is 1. The van der Waals surface area contributed by atoms with Crippen molar-refractivity contribution in [2.75, 3.05) is 13.2 Å². The molecule has 4 nitrogen and oxygen atoms in total. The molecule has 14 heavy (non-hydrogen) atoms. The number of halogens is 1. The summed E-state index contributed by atoms with van der Waals surface area (Å²) in [6, 6.07) is 0. The molecule has 0 aromatic heterocycles. The van der Waals surface area contributed by atoms with Crippen LogP contribution in [0.25, 0.3) is 0 Å². The Labute approximate surface area is 102 Å². The van der Waals surface area contributed by atoms with Crippen LogP contribution in [-0.2, 0) is 19.1 Å². The van der Waals surface area contributed by atoms with Crippen molar-refractivity contribution >= 4 is 47.2 Å². The molecule has 0 radical (unpaired) electrons. The Morgan fingerprint density at radius 1 is 1.43 bits per heavy atom. The summed E-state index contributed by atoms with van der Waals surface area (Å²) in [6.07, 6.45) is 0. The lowest BCUT2D eigenvalue weighted by atomic mass is 10.5. The third-order valence-electron chi connectivity index (χ3n) is 1.11. The summed E-state index contributed by atoms with van der Waals surface area (Å²) in [7, 11) is 0. The van der Waals surface area contributed by atoms with Gasteiger partial charge in [-0.2, -0.15) is 12.6 Å². The second kappa shape index (κ2) is 7.10. The number of hydrogen-bond acceptors (Lipinski definition) is 5. The predicted molar refractivity (Wildman–Crippen MR) is 63.5 cm³/mol. The number of thiol groups is 1. The molecule has 0 aliphatic rings. The van der Waals surface area contributed by atoms with E-state index in [4.69, 9.17) is 4.74 Å². The molecule has 6 heteroatoms. The van der Waals surface area contributed by atoms with Gasteiger partial charge in [0.1, 0.15) is 13.2 Å². The Morgan fingerprint density at radius 3 is 2.36 bits per heavy atom. The Hall–Kier alpha value is -0.240. The van der Waals surface area contributed by atoms with Crippen LogP contribution in [0.3, 0.4) is 0 Å². The molecular formula is C8H11IO4S. The third kappa shape index (κ3) is 7.19. The van der Waals surface area contributed by atoms with Crippen LogP contribution in [0.4, 0.5) is 0 Å². The van der Waals surface area contributed by atoms with Crippen molar-refractivity contribution in [3.05, 3.63) is 10.2 Å². The van der Waals surface area contributed by atoms with Gasteiger partial charge in [0.15, 0.2) is 0 Å². The standard InChI is InChI=1S/C8H11IO4S/c1-5(9)8(11)13-4-7(14)3-12-6(2)10/h7,14H,1,3-4H2,2H3. The molecular weight excluding hydrogens is 319 g/mol. The van der Waals surface area contributed by atoms with Crippen molar-refractivity contribution in [3.8, 4) is 0 Å². The molecule has 1 unspecified atom stereocenters. The highest BCUT2D eigenvalue weighted by atomic mass is 127. The van der Waals surface area contributed by atoms with E-state index in [1.54, 1.807) is 22.6 Å². The minimum absolute atomic E-state index is 0.0945. The fourth-order valence-corrected chi connectivity index (χ4v) is 0.817. The summed E-state index contributed by atoms with van der Waals surface area (Å²) in [6.45, 7) is 4.93. The van der Waals surface area contributed by atoms with Crippen molar-refractivity contribution in [3.63, 3.8) is 0 Å². The fraction of sp³-hybridized carbons (Fsp3) is 0.500. The zero-order valence-electron chi connectivity index (χ0n) is 7.66. The first-order valence-electron chi connectivity index (χ1n) is 3.76. The van der Waals surface area contributed by atoms with E-state index in [0.29, 0.717) is 3.58 Å². The SMILES string of the molecule is C=C(I)C(=O)OCC(S)COC(C)=O. The highest BCUT2D eigenvalue weighted by molar-refractivity contribution is 14.1. The van der Waals surface area contributed by atoms with Crippen LogP contribution in [0.1, 0.15) is 6.92 Å². The van der Waals surface area contributed by atoms with Crippen molar-refractivity contribution in [1.82, 2.24) is 0 Å². The van der Waals surface area contributed by atoms with Crippen molar-refractivity contribution in [2.24, 2.45) is 0 Å². The van der Waals surface area contributed by atoms with Crippen LogP contribution in [0.15, 0.2) is 10.2 Å². The maximum absolute atomic E-state index is 10.9. The molecule has 0 saturated carbocycles. The maximum Gasteiger partial charge on any atom is 0.343 e. The van der Waals surface area contributed by atoms with E-state index >= 15 is 0 Å². The summed E-state index contributed by atoms with van der Waals surface area (Å²) in [4.78, 5) is 21.3. The van der Waals surface area contributed by atoms with E-state index in [-0.39, 0.29) is 24.4 Å². The van der Waals surface area contributed by atoms with Gasteiger partial charge in [-0.05, 0) is 22.6 Å². The summed E-state index contributed by atoms with van der Waals surface area (Å²) < 4.78 is 9.75. The highest BCUT2D eigenvalue weighted by Crippen LogP contribution is 2.06. The lowest BCUT2D eigenvalue weighted by Gasteiger charge is -2.10. The van der Waals surface area contributed by atoms with E-state index in [1.165, 1.54) is 6.92 Å². The van der Waals surface area contributed by atoms with E-state index < -0.39 is 5.97 Å². The molecule has 0 bridgehead atoms. The van der Waals surface area contributed by atoms with Gasteiger partial charge >= 0.3 is 11.9 Å². The fourth-order valence-electron chi connectivity index (χ4n) is 0.512. The van der Waals surface area contributed by atoms with Crippen LogP contribution in [0.2, 0.25) is 0 Å². The average Bonchev–Trinajstić information content (AvgIpc) is 2.10. The van der Waals surface area contributed by atoms with E-state index in [1.807, 2.05) is 0 Å². The molecule has 1 atom stereocenters. The van der Waals surface area contributed by atoms with Crippen molar-refractivity contribution < 1.29 is 19.1 Å². The zero-order valence-corrected chi connectivity index (χ0v) is 10.7. The number of rotatable bonds is 5. The molecule has 0 amide bonds. The summed E-state index contributed by atoms with van der Waals surface area (Å²) in [5.74, 6) is -0.860. The normalized spacial score (nSPS) is 11.6. The van der Waals surface area contributed by atoms with Gasteiger partial charge in [-0.15, -0.1) is 0 Å². The van der Waals surface area contributed by atoms with E-state index in [2.05, 4.69) is 23.9 Å². The van der Waals surface area contributed by atoms with Gasteiger partial charge in [-0.1, -0.05) is 6.58 Å². The smallest absolute Gasteiger partial charge is 0.343 e. The first-order chi connectivity index (χ1) is 6.43. The average molecular weight is 330 g/mol. The first-order valence-corrected chi connectivity index (χ1v) is 5.36. The monoisotopic (exact) mass is 330 g/mol. The highest BCUT2D eigenvalue weighted by Gasteiger charge is 2.10. The molecule has 80 valence electrons. The third-order valence-corrected chi connectivity index (χ3v) is 1.85. The molecule has 0 aliphatic carbocycles. The Bertz CT molecular complexity index is 241. The summed E-state index contributed by atoms with van der Waals surface area (Å²) >= 11 is 5.83. The predicted octanol–water partition coefficient (Wildman–Crippen LogP) is 1.34. The quantitative estimate of drug-likeness (QED) is 0.358. The molecule has 0 aromatic rings. The topological polar surface area (TPSA) is 52.6 Å². The van der Waals surface area contributed by atoms with E-state index in [0.717, 1.165) is 0 Å². The second-order valence-electron chi connectivity index (χ2n) is 2.46. The molecule has 0 aromatic carbocycles. The number of esters is 2.